The molecule has 0 bridgehead atoms. The van der Waals surface area contributed by atoms with Crippen LogP contribution in [0.15, 0.2) is 54.6 Å². The molecule has 2 aliphatic rings. The second-order valence-electron chi connectivity index (χ2n) is 8.24. The van der Waals surface area contributed by atoms with Gasteiger partial charge in [0, 0.05) is 18.8 Å². The summed E-state index contributed by atoms with van der Waals surface area (Å²) >= 11 is 0. The van der Waals surface area contributed by atoms with Crippen molar-refractivity contribution >= 4 is 11.7 Å². The first-order chi connectivity index (χ1) is 13.7. The third-order valence-electron chi connectivity index (χ3n) is 6.48. The number of benzene rings is 2. The van der Waals surface area contributed by atoms with E-state index < -0.39 is 5.97 Å². The Kier molecular flexibility index (Phi) is 5.96. The van der Waals surface area contributed by atoms with Crippen LogP contribution in [0.2, 0.25) is 0 Å². The van der Waals surface area contributed by atoms with E-state index >= 15 is 0 Å². The predicted molar refractivity (Wildman–Crippen MR) is 113 cm³/mol. The fraction of sp³-hybridized carbons (Fsp3) is 0.458. The highest BCUT2D eigenvalue weighted by Gasteiger charge is 2.30. The number of aliphatic carboxylic acids is 1. The van der Waals surface area contributed by atoms with Gasteiger partial charge in [-0.3, -0.25) is 4.79 Å². The van der Waals surface area contributed by atoms with Gasteiger partial charge in [-0.15, -0.1) is 0 Å². The SMILES string of the molecule is O=C(O)[C@@H](Cc1cccc(N2CCC(c3ccccc3)CC2)c1)[C@H]1CCNC1. The maximum atomic E-state index is 11.8. The molecule has 2 aromatic rings. The Labute approximate surface area is 167 Å². The summed E-state index contributed by atoms with van der Waals surface area (Å²) in [7, 11) is 0. The van der Waals surface area contributed by atoms with Crippen molar-refractivity contribution in [3.05, 3.63) is 65.7 Å². The molecule has 2 N–H and O–H groups in total. The van der Waals surface area contributed by atoms with E-state index in [9.17, 15) is 9.90 Å². The molecule has 2 aliphatic heterocycles. The lowest BCUT2D eigenvalue weighted by molar-refractivity contribution is -0.143. The number of anilines is 1. The molecule has 148 valence electrons. The summed E-state index contributed by atoms with van der Waals surface area (Å²) in [5.41, 5.74) is 3.82. The van der Waals surface area contributed by atoms with Crippen LogP contribution in [0, 0.1) is 11.8 Å². The number of carbonyl (C=O) groups is 1. The molecule has 0 aliphatic carbocycles. The molecule has 0 unspecified atom stereocenters. The van der Waals surface area contributed by atoms with Gasteiger partial charge >= 0.3 is 5.97 Å². The normalized spacial score (nSPS) is 21.6. The molecule has 4 heteroatoms. The van der Waals surface area contributed by atoms with Crippen molar-refractivity contribution in [3.63, 3.8) is 0 Å². The van der Waals surface area contributed by atoms with Crippen LogP contribution in [0.5, 0.6) is 0 Å². The van der Waals surface area contributed by atoms with Gasteiger partial charge in [0.25, 0.3) is 0 Å². The number of nitrogens with one attached hydrogen (secondary N) is 1. The van der Waals surface area contributed by atoms with Gasteiger partial charge in [0.2, 0.25) is 0 Å². The lowest BCUT2D eigenvalue weighted by atomic mass is 9.86. The van der Waals surface area contributed by atoms with Gasteiger partial charge in [0.05, 0.1) is 5.92 Å². The fourth-order valence-electron chi connectivity index (χ4n) is 4.81. The average Bonchev–Trinajstić information content (AvgIpc) is 3.27. The molecule has 2 aromatic carbocycles. The molecule has 0 radical (unpaired) electrons. The minimum Gasteiger partial charge on any atom is -0.481 e. The molecule has 2 saturated heterocycles. The van der Waals surface area contributed by atoms with E-state index in [0.717, 1.165) is 38.2 Å². The number of carboxylic acids is 1. The summed E-state index contributed by atoms with van der Waals surface area (Å²) < 4.78 is 0. The first kappa shape index (κ1) is 19.0. The largest absolute Gasteiger partial charge is 0.481 e. The van der Waals surface area contributed by atoms with Crippen molar-refractivity contribution in [2.45, 2.75) is 31.6 Å². The maximum Gasteiger partial charge on any atom is 0.307 e. The Morgan fingerprint density at radius 3 is 2.54 bits per heavy atom. The minimum atomic E-state index is -0.664. The highest BCUT2D eigenvalue weighted by molar-refractivity contribution is 5.71. The monoisotopic (exact) mass is 378 g/mol. The molecule has 4 rings (SSSR count). The first-order valence-electron chi connectivity index (χ1n) is 10.5. The predicted octanol–water partition coefficient (Wildman–Crippen LogP) is 3.92. The zero-order valence-corrected chi connectivity index (χ0v) is 16.4. The number of hydrogen-bond donors (Lipinski definition) is 2. The molecule has 0 aromatic heterocycles. The Balaban J connectivity index is 1.40. The van der Waals surface area contributed by atoms with Crippen LogP contribution in [-0.2, 0) is 11.2 Å². The third-order valence-corrected chi connectivity index (χ3v) is 6.48. The van der Waals surface area contributed by atoms with Gasteiger partial charge in [0.1, 0.15) is 0 Å². The highest BCUT2D eigenvalue weighted by Crippen LogP contribution is 2.31. The fourth-order valence-corrected chi connectivity index (χ4v) is 4.81. The van der Waals surface area contributed by atoms with Gasteiger partial charge in [-0.25, -0.2) is 0 Å². The zero-order chi connectivity index (χ0) is 19.3. The van der Waals surface area contributed by atoms with E-state index in [1.807, 2.05) is 0 Å². The third kappa shape index (κ3) is 4.39. The molecule has 28 heavy (non-hydrogen) atoms. The van der Waals surface area contributed by atoms with Gasteiger partial charge in [-0.2, -0.15) is 0 Å². The molecule has 0 saturated carbocycles. The van der Waals surface area contributed by atoms with Crippen molar-refractivity contribution < 1.29 is 9.90 Å². The molecule has 0 spiro atoms. The Morgan fingerprint density at radius 2 is 1.86 bits per heavy atom. The molecule has 0 amide bonds. The van der Waals surface area contributed by atoms with Crippen molar-refractivity contribution in [2.24, 2.45) is 11.8 Å². The van der Waals surface area contributed by atoms with Crippen LogP contribution < -0.4 is 10.2 Å². The van der Waals surface area contributed by atoms with Crippen molar-refractivity contribution in [2.75, 3.05) is 31.1 Å². The van der Waals surface area contributed by atoms with Crippen LogP contribution in [0.25, 0.3) is 0 Å². The number of rotatable bonds is 6. The van der Waals surface area contributed by atoms with Gasteiger partial charge < -0.3 is 15.3 Å². The summed E-state index contributed by atoms with van der Waals surface area (Å²) in [4.78, 5) is 14.3. The van der Waals surface area contributed by atoms with Crippen LogP contribution in [0.3, 0.4) is 0 Å². The van der Waals surface area contributed by atoms with Crippen LogP contribution in [0.1, 0.15) is 36.3 Å². The van der Waals surface area contributed by atoms with Crippen molar-refractivity contribution in [1.29, 1.82) is 0 Å². The van der Waals surface area contributed by atoms with Crippen molar-refractivity contribution in [1.82, 2.24) is 5.32 Å². The standard InChI is InChI=1S/C24H30N2O2/c27-24(28)23(21-9-12-25-17-21)16-18-5-4-8-22(15-18)26-13-10-20(11-14-26)19-6-2-1-3-7-19/h1-8,15,20-21,23,25H,9-14,16-17H2,(H,27,28)/t21-,23-/m0/s1. The Morgan fingerprint density at radius 1 is 1.07 bits per heavy atom. The maximum absolute atomic E-state index is 11.8. The van der Waals surface area contributed by atoms with Crippen LogP contribution in [-0.4, -0.2) is 37.3 Å². The summed E-state index contributed by atoms with van der Waals surface area (Å²) in [5, 5.41) is 13.0. The zero-order valence-electron chi connectivity index (χ0n) is 16.4. The van der Waals surface area contributed by atoms with Crippen LogP contribution >= 0.6 is 0 Å². The van der Waals surface area contributed by atoms with E-state index in [1.165, 1.54) is 24.1 Å². The lowest BCUT2D eigenvalue weighted by Crippen LogP contribution is -2.33. The Bertz CT molecular complexity index is 778. The number of nitrogens with zero attached hydrogens (tertiary/aromatic N) is 1. The average molecular weight is 379 g/mol. The van der Waals surface area contributed by atoms with E-state index in [1.54, 1.807) is 0 Å². The van der Waals surface area contributed by atoms with E-state index in [2.05, 4.69) is 64.8 Å². The molecular weight excluding hydrogens is 348 g/mol. The quantitative estimate of drug-likeness (QED) is 0.800. The summed E-state index contributed by atoms with van der Waals surface area (Å²) in [6, 6.07) is 19.4. The topological polar surface area (TPSA) is 52.6 Å². The molecular formula is C24H30N2O2. The van der Waals surface area contributed by atoms with Gasteiger partial charge in [0.15, 0.2) is 0 Å². The van der Waals surface area contributed by atoms with Gasteiger partial charge in [-0.1, -0.05) is 42.5 Å². The second-order valence-corrected chi connectivity index (χ2v) is 8.24. The highest BCUT2D eigenvalue weighted by atomic mass is 16.4. The van der Waals surface area contributed by atoms with Crippen LogP contribution in [0.4, 0.5) is 5.69 Å². The summed E-state index contributed by atoms with van der Waals surface area (Å²) in [6.45, 7) is 3.87. The second kappa shape index (κ2) is 8.78. The molecule has 2 fully saturated rings. The lowest BCUT2D eigenvalue weighted by Gasteiger charge is -2.34. The molecule has 2 atom stereocenters. The van der Waals surface area contributed by atoms with E-state index in [4.69, 9.17) is 0 Å². The first-order valence-corrected chi connectivity index (χ1v) is 10.5. The number of piperidine rings is 1. The Hall–Kier alpha value is -2.33. The summed E-state index contributed by atoms with van der Waals surface area (Å²) in [5.74, 6) is -0.0773. The van der Waals surface area contributed by atoms with Gasteiger partial charge in [-0.05, 0) is 73.9 Å². The number of carboxylic acid groups (broad SMARTS) is 1. The van der Waals surface area contributed by atoms with E-state index in [0.29, 0.717) is 12.3 Å². The number of hydrogen-bond acceptors (Lipinski definition) is 3. The minimum absolute atomic E-state index is 0.239. The van der Waals surface area contributed by atoms with E-state index in [-0.39, 0.29) is 11.8 Å². The molecule has 2 heterocycles. The summed E-state index contributed by atoms with van der Waals surface area (Å²) in [6.07, 6.45) is 3.92. The van der Waals surface area contributed by atoms with Crippen molar-refractivity contribution in [3.8, 4) is 0 Å². The molecule has 4 nitrogen and oxygen atoms in total. The smallest absolute Gasteiger partial charge is 0.307 e.